The van der Waals surface area contributed by atoms with Crippen LogP contribution in [-0.4, -0.2) is 16.5 Å². The van der Waals surface area contributed by atoms with Gasteiger partial charge in [0.1, 0.15) is 11.5 Å². The molecule has 4 heteroatoms. The van der Waals surface area contributed by atoms with Gasteiger partial charge in [0.25, 0.3) is 5.91 Å². The zero-order valence-electron chi connectivity index (χ0n) is 12.0. The zero-order valence-corrected chi connectivity index (χ0v) is 12.0. The molecule has 0 aliphatic heterocycles. The number of hydrogen-bond donors (Lipinski definition) is 1. The molecule has 0 spiro atoms. The summed E-state index contributed by atoms with van der Waals surface area (Å²) in [4.78, 5) is 12.1. The molecule has 0 bridgehead atoms. The van der Waals surface area contributed by atoms with Gasteiger partial charge in [-0.25, -0.2) is 4.39 Å². The summed E-state index contributed by atoms with van der Waals surface area (Å²) in [6, 6.07) is 8.22. The van der Waals surface area contributed by atoms with E-state index in [4.69, 9.17) is 0 Å². The Morgan fingerprint density at radius 1 is 1.30 bits per heavy atom. The number of amides is 1. The van der Waals surface area contributed by atoms with Crippen molar-refractivity contribution in [1.82, 2.24) is 9.88 Å². The number of halogens is 1. The molecule has 0 fully saturated rings. The van der Waals surface area contributed by atoms with Crippen LogP contribution in [0.25, 0.3) is 11.1 Å². The molecule has 0 saturated carbocycles. The molecule has 0 aliphatic carbocycles. The number of benzene rings is 1. The van der Waals surface area contributed by atoms with Crippen LogP contribution >= 0.6 is 0 Å². The van der Waals surface area contributed by atoms with E-state index in [1.807, 2.05) is 33.2 Å². The molecule has 0 radical (unpaired) electrons. The Morgan fingerprint density at radius 3 is 2.55 bits per heavy atom. The van der Waals surface area contributed by atoms with Crippen LogP contribution in [0.1, 0.15) is 30.8 Å². The van der Waals surface area contributed by atoms with Gasteiger partial charge in [0.05, 0.1) is 0 Å². The van der Waals surface area contributed by atoms with Gasteiger partial charge in [-0.3, -0.25) is 4.79 Å². The molecule has 0 saturated heterocycles. The monoisotopic (exact) mass is 274 g/mol. The van der Waals surface area contributed by atoms with Crippen molar-refractivity contribution in [1.29, 1.82) is 0 Å². The second-order valence-electron chi connectivity index (χ2n) is 5.01. The van der Waals surface area contributed by atoms with Gasteiger partial charge in [-0.1, -0.05) is 19.1 Å². The van der Waals surface area contributed by atoms with Gasteiger partial charge in [0, 0.05) is 24.8 Å². The minimum atomic E-state index is -0.264. The van der Waals surface area contributed by atoms with E-state index < -0.39 is 0 Å². The average Bonchev–Trinajstić information content (AvgIpc) is 2.81. The predicted molar refractivity (Wildman–Crippen MR) is 78.0 cm³/mol. The summed E-state index contributed by atoms with van der Waals surface area (Å²) in [7, 11) is 1.83. The van der Waals surface area contributed by atoms with E-state index >= 15 is 0 Å². The molecule has 1 atom stereocenters. The van der Waals surface area contributed by atoms with Gasteiger partial charge >= 0.3 is 0 Å². The molecule has 106 valence electrons. The number of nitrogens with zero attached hydrogens (tertiary/aromatic N) is 1. The van der Waals surface area contributed by atoms with Crippen molar-refractivity contribution in [2.75, 3.05) is 0 Å². The van der Waals surface area contributed by atoms with Crippen LogP contribution < -0.4 is 5.32 Å². The summed E-state index contributed by atoms with van der Waals surface area (Å²) in [5.41, 5.74) is 2.40. The van der Waals surface area contributed by atoms with Crippen LogP contribution in [-0.2, 0) is 7.05 Å². The Balaban J connectivity index is 2.25. The van der Waals surface area contributed by atoms with Crippen molar-refractivity contribution in [3.63, 3.8) is 0 Å². The molecular formula is C16H19FN2O. The minimum absolute atomic E-state index is 0.0878. The van der Waals surface area contributed by atoms with E-state index in [0.717, 1.165) is 17.5 Å². The van der Waals surface area contributed by atoms with Crippen LogP contribution in [0.15, 0.2) is 36.5 Å². The normalized spacial score (nSPS) is 12.2. The molecule has 2 aromatic rings. The number of aryl methyl sites for hydroxylation is 1. The SMILES string of the molecule is CCC(C)NC(=O)c1cc(-c2ccc(F)cc2)cn1C. The fraction of sp³-hybridized carbons (Fsp3) is 0.312. The molecule has 1 heterocycles. The maximum Gasteiger partial charge on any atom is 0.268 e. The maximum atomic E-state index is 12.9. The van der Waals surface area contributed by atoms with Crippen molar-refractivity contribution in [3.8, 4) is 11.1 Å². The average molecular weight is 274 g/mol. The maximum absolute atomic E-state index is 12.9. The fourth-order valence-electron chi connectivity index (χ4n) is 1.99. The highest BCUT2D eigenvalue weighted by atomic mass is 19.1. The first-order valence-corrected chi connectivity index (χ1v) is 6.74. The summed E-state index contributed by atoms with van der Waals surface area (Å²) in [6.07, 6.45) is 2.76. The Hall–Kier alpha value is -2.10. The predicted octanol–water partition coefficient (Wildman–Crippen LogP) is 3.36. The number of nitrogens with one attached hydrogen (secondary N) is 1. The molecule has 1 aromatic carbocycles. The largest absolute Gasteiger partial charge is 0.348 e. The van der Waals surface area contributed by atoms with Crippen LogP contribution in [0.5, 0.6) is 0 Å². The van der Waals surface area contributed by atoms with Gasteiger partial charge in [-0.2, -0.15) is 0 Å². The zero-order chi connectivity index (χ0) is 14.7. The quantitative estimate of drug-likeness (QED) is 0.911. The lowest BCUT2D eigenvalue weighted by Gasteiger charge is -2.11. The lowest BCUT2D eigenvalue weighted by molar-refractivity contribution is 0.0931. The van der Waals surface area contributed by atoms with E-state index in [0.29, 0.717) is 5.69 Å². The second kappa shape index (κ2) is 5.90. The molecule has 3 nitrogen and oxygen atoms in total. The third kappa shape index (κ3) is 3.07. The number of hydrogen-bond acceptors (Lipinski definition) is 1. The Labute approximate surface area is 118 Å². The molecule has 20 heavy (non-hydrogen) atoms. The first kappa shape index (κ1) is 14.3. The van der Waals surface area contributed by atoms with Crippen molar-refractivity contribution in [2.24, 2.45) is 7.05 Å². The van der Waals surface area contributed by atoms with Crippen molar-refractivity contribution in [3.05, 3.63) is 48.0 Å². The highest BCUT2D eigenvalue weighted by Gasteiger charge is 2.14. The lowest BCUT2D eigenvalue weighted by atomic mass is 10.1. The summed E-state index contributed by atoms with van der Waals surface area (Å²) >= 11 is 0. The molecule has 0 aliphatic rings. The molecular weight excluding hydrogens is 255 g/mol. The molecule has 2 rings (SSSR count). The Bertz CT molecular complexity index is 601. The highest BCUT2D eigenvalue weighted by Crippen LogP contribution is 2.22. The number of carbonyl (C=O) groups excluding carboxylic acids is 1. The van der Waals surface area contributed by atoms with Gasteiger partial charge in [-0.05, 0) is 37.1 Å². The first-order valence-electron chi connectivity index (χ1n) is 6.74. The lowest BCUT2D eigenvalue weighted by Crippen LogP contribution is -2.33. The van der Waals surface area contributed by atoms with Gasteiger partial charge in [-0.15, -0.1) is 0 Å². The third-order valence-electron chi connectivity index (χ3n) is 3.41. The van der Waals surface area contributed by atoms with Crippen molar-refractivity contribution >= 4 is 5.91 Å². The van der Waals surface area contributed by atoms with E-state index in [1.165, 1.54) is 12.1 Å². The summed E-state index contributed by atoms with van der Waals surface area (Å²) in [6.45, 7) is 4.00. The molecule has 1 amide bonds. The van der Waals surface area contributed by atoms with E-state index in [2.05, 4.69) is 5.32 Å². The van der Waals surface area contributed by atoms with Crippen molar-refractivity contribution < 1.29 is 9.18 Å². The van der Waals surface area contributed by atoms with E-state index in [9.17, 15) is 9.18 Å². The smallest absolute Gasteiger partial charge is 0.268 e. The molecule has 1 N–H and O–H groups in total. The summed E-state index contributed by atoms with van der Waals surface area (Å²) < 4.78 is 14.7. The van der Waals surface area contributed by atoms with Crippen LogP contribution in [0.3, 0.4) is 0 Å². The fourth-order valence-corrected chi connectivity index (χ4v) is 1.99. The topological polar surface area (TPSA) is 34.0 Å². The molecule has 1 unspecified atom stereocenters. The van der Waals surface area contributed by atoms with E-state index in [1.54, 1.807) is 16.7 Å². The van der Waals surface area contributed by atoms with Crippen LogP contribution in [0.2, 0.25) is 0 Å². The van der Waals surface area contributed by atoms with Crippen LogP contribution in [0, 0.1) is 5.82 Å². The second-order valence-corrected chi connectivity index (χ2v) is 5.01. The summed E-state index contributed by atoms with van der Waals surface area (Å²) in [5.74, 6) is -0.352. The first-order chi connectivity index (χ1) is 9.51. The number of rotatable bonds is 4. The van der Waals surface area contributed by atoms with Gasteiger partial charge in [0.2, 0.25) is 0 Å². The standard InChI is InChI=1S/C16H19FN2O/c1-4-11(2)18-16(20)15-9-13(10-19(15)3)12-5-7-14(17)8-6-12/h5-11H,4H2,1-3H3,(H,18,20). The minimum Gasteiger partial charge on any atom is -0.348 e. The van der Waals surface area contributed by atoms with E-state index in [-0.39, 0.29) is 17.8 Å². The van der Waals surface area contributed by atoms with Crippen molar-refractivity contribution in [2.45, 2.75) is 26.3 Å². The van der Waals surface area contributed by atoms with Crippen LogP contribution in [0.4, 0.5) is 4.39 Å². The third-order valence-corrected chi connectivity index (χ3v) is 3.41. The molecule has 1 aromatic heterocycles. The number of carbonyl (C=O) groups is 1. The van der Waals surface area contributed by atoms with Gasteiger partial charge < -0.3 is 9.88 Å². The Morgan fingerprint density at radius 2 is 1.95 bits per heavy atom. The van der Waals surface area contributed by atoms with Gasteiger partial charge in [0.15, 0.2) is 0 Å². The summed E-state index contributed by atoms with van der Waals surface area (Å²) in [5, 5.41) is 2.94. The number of aromatic nitrogens is 1. The highest BCUT2D eigenvalue weighted by molar-refractivity contribution is 5.94. The Kier molecular flexibility index (Phi) is 4.23.